The maximum absolute atomic E-state index is 13.3. The lowest BCUT2D eigenvalue weighted by Crippen LogP contribution is -2.67. The van der Waals surface area contributed by atoms with Crippen LogP contribution in [0.3, 0.4) is 0 Å². The summed E-state index contributed by atoms with van der Waals surface area (Å²) in [6.45, 7) is 7.46. The Morgan fingerprint density at radius 1 is 1.21 bits per heavy atom. The molecule has 150 valence electrons. The van der Waals surface area contributed by atoms with Gasteiger partial charge in [0.15, 0.2) is 6.10 Å². The molecule has 1 aromatic carbocycles. The molecule has 1 heterocycles. The van der Waals surface area contributed by atoms with E-state index in [0.29, 0.717) is 13.0 Å². The summed E-state index contributed by atoms with van der Waals surface area (Å²) in [5.74, 6) is -0.661. The van der Waals surface area contributed by atoms with Gasteiger partial charge >= 0.3 is 11.9 Å². The van der Waals surface area contributed by atoms with Gasteiger partial charge in [-0.3, -0.25) is 9.59 Å². The highest BCUT2D eigenvalue weighted by atomic mass is 16.6. The van der Waals surface area contributed by atoms with E-state index in [1.807, 2.05) is 56.3 Å². The zero-order chi connectivity index (χ0) is 20.4. The number of rotatable bonds is 6. The molecule has 4 atom stereocenters. The van der Waals surface area contributed by atoms with Crippen molar-refractivity contribution in [1.82, 2.24) is 0 Å². The zero-order valence-electron chi connectivity index (χ0n) is 16.8. The van der Waals surface area contributed by atoms with Crippen LogP contribution < -0.4 is 0 Å². The number of hydrogen-bond donors (Lipinski definition) is 0. The third-order valence-electron chi connectivity index (χ3n) is 5.57. The highest BCUT2D eigenvalue weighted by Crippen LogP contribution is 2.69. The minimum absolute atomic E-state index is 0.0414. The van der Waals surface area contributed by atoms with E-state index in [2.05, 4.69) is 0 Å². The summed E-state index contributed by atoms with van der Waals surface area (Å²) in [6, 6.07) is 9.65. The molecule has 0 unspecified atom stereocenters. The number of carbonyl (C=O) groups is 2. The summed E-state index contributed by atoms with van der Waals surface area (Å²) in [4.78, 5) is 30.2. The van der Waals surface area contributed by atoms with Gasteiger partial charge in [-0.25, -0.2) is 4.99 Å². The van der Waals surface area contributed by atoms with E-state index in [4.69, 9.17) is 19.2 Å². The molecule has 0 N–H and O–H groups in total. The summed E-state index contributed by atoms with van der Waals surface area (Å²) in [5, 5.41) is 0. The molecular weight excluding hydrogens is 358 g/mol. The average Bonchev–Trinajstić information content (AvgIpc) is 2.87. The van der Waals surface area contributed by atoms with Gasteiger partial charge in [-0.15, -0.1) is 0 Å². The minimum Gasteiger partial charge on any atom is -0.479 e. The molecule has 0 bridgehead atoms. The number of nitrogens with zero attached hydrogens (tertiary/aromatic N) is 1. The summed E-state index contributed by atoms with van der Waals surface area (Å²) in [7, 11) is 0. The fourth-order valence-electron chi connectivity index (χ4n) is 4.63. The molecule has 0 aromatic heterocycles. The number of ether oxygens (including phenoxy) is 3. The molecule has 28 heavy (non-hydrogen) atoms. The lowest BCUT2D eigenvalue weighted by atomic mass is 9.45. The number of benzene rings is 1. The topological polar surface area (TPSA) is 74.2 Å². The minimum atomic E-state index is -1.15. The zero-order valence-corrected chi connectivity index (χ0v) is 16.8. The molecule has 6 heteroatoms. The molecule has 0 amide bonds. The van der Waals surface area contributed by atoms with Crippen molar-refractivity contribution >= 4 is 17.8 Å². The number of hydrogen-bond acceptors (Lipinski definition) is 6. The highest BCUT2D eigenvalue weighted by molar-refractivity contribution is 5.98. The van der Waals surface area contributed by atoms with Crippen molar-refractivity contribution in [2.75, 3.05) is 13.2 Å². The number of aliphatic imine (C=N–C) groups is 1. The van der Waals surface area contributed by atoms with Crippen molar-refractivity contribution < 1.29 is 23.8 Å². The first-order valence-electron chi connectivity index (χ1n) is 9.73. The van der Waals surface area contributed by atoms with Gasteiger partial charge in [-0.05, 0) is 32.8 Å². The standard InChI is InChI=1S/C22H27NO5/c1-5-11-17-14-21(20(25)27-7-3)18(28-15(4)24)19(26-6-2)23-22(17,21)16-12-9-8-10-13-16/h5,8-13,17-18H,6-7,14H2,1-4H3/b11-5+/t17-,18-,21+,22+/m0/s1. The summed E-state index contributed by atoms with van der Waals surface area (Å²) in [6.07, 6.45) is 3.56. The molecule has 1 fully saturated rings. The van der Waals surface area contributed by atoms with Crippen molar-refractivity contribution in [3.8, 4) is 0 Å². The van der Waals surface area contributed by atoms with Crippen LogP contribution in [0.25, 0.3) is 0 Å². The van der Waals surface area contributed by atoms with Crippen molar-refractivity contribution in [3.63, 3.8) is 0 Å². The quantitative estimate of drug-likeness (QED) is 0.554. The van der Waals surface area contributed by atoms with E-state index >= 15 is 0 Å². The maximum Gasteiger partial charge on any atom is 0.319 e. The van der Waals surface area contributed by atoms with Gasteiger partial charge in [0.1, 0.15) is 11.0 Å². The van der Waals surface area contributed by atoms with E-state index in [-0.39, 0.29) is 18.4 Å². The molecule has 6 nitrogen and oxygen atoms in total. The van der Waals surface area contributed by atoms with Crippen LogP contribution in [-0.2, 0) is 29.3 Å². The second-order valence-electron chi connectivity index (χ2n) is 7.03. The van der Waals surface area contributed by atoms with Gasteiger partial charge in [-0.1, -0.05) is 42.5 Å². The van der Waals surface area contributed by atoms with Crippen LogP contribution >= 0.6 is 0 Å². The summed E-state index contributed by atoms with van der Waals surface area (Å²) >= 11 is 0. The van der Waals surface area contributed by atoms with E-state index in [1.165, 1.54) is 6.92 Å². The predicted molar refractivity (Wildman–Crippen MR) is 105 cm³/mol. The van der Waals surface area contributed by atoms with Crippen molar-refractivity contribution in [1.29, 1.82) is 0 Å². The Hall–Kier alpha value is -2.63. The number of carbonyl (C=O) groups excluding carboxylic acids is 2. The van der Waals surface area contributed by atoms with Crippen LogP contribution in [0.1, 0.15) is 39.7 Å². The number of fused-ring (bicyclic) bond motifs is 1. The smallest absolute Gasteiger partial charge is 0.319 e. The first-order chi connectivity index (χ1) is 13.5. The molecule has 1 aromatic rings. The average molecular weight is 385 g/mol. The SMILES string of the molecule is C/C=C/[C@H]1C[C@]2(C(=O)OCC)[C@@H](OC(C)=O)C(OCC)=N[C@]12c1ccccc1. The fraction of sp³-hybridized carbons (Fsp3) is 0.500. The Labute approximate surface area is 165 Å². The largest absolute Gasteiger partial charge is 0.479 e. The number of allylic oxidation sites excluding steroid dienone is 1. The molecule has 2 aliphatic rings. The molecule has 1 aliphatic heterocycles. The second kappa shape index (κ2) is 7.78. The van der Waals surface area contributed by atoms with Gasteiger partial charge in [-0.2, -0.15) is 0 Å². The van der Waals surface area contributed by atoms with E-state index in [1.54, 1.807) is 6.92 Å². The second-order valence-corrected chi connectivity index (χ2v) is 7.03. The molecule has 0 radical (unpaired) electrons. The Kier molecular flexibility index (Phi) is 5.59. The summed E-state index contributed by atoms with van der Waals surface area (Å²) < 4.78 is 16.9. The Morgan fingerprint density at radius 2 is 1.93 bits per heavy atom. The van der Waals surface area contributed by atoms with Crippen LogP contribution in [0.4, 0.5) is 0 Å². The van der Waals surface area contributed by atoms with Gasteiger partial charge in [0.05, 0.1) is 13.2 Å². The van der Waals surface area contributed by atoms with E-state index in [0.717, 1.165) is 5.56 Å². The Bertz CT molecular complexity index is 802. The fourth-order valence-corrected chi connectivity index (χ4v) is 4.63. The predicted octanol–water partition coefficient (Wildman–Crippen LogP) is 3.41. The number of esters is 2. The lowest BCUT2D eigenvalue weighted by molar-refractivity contribution is -0.192. The highest BCUT2D eigenvalue weighted by Gasteiger charge is 2.79. The van der Waals surface area contributed by atoms with E-state index in [9.17, 15) is 9.59 Å². The third-order valence-corrected chi connectivity index (χ3v) is 5.57. The third kappa shape index (κ3) is 2.74. The van der Waals surface area contributed by atoms with Crippen molar-refractivity contribution in [3.05, 3.63) is 48.0 Å². The normalized spacial score (nSPS) is 30.9. The molecule has 1 aliphatic carbocycles. The van der Waals surface area contributed by atoms with Gasteiger partial charge < -0.3 is 14.2 Å². The van der Waals surface area contributed by atoms with Gasteiger partial charge in [0, 0.05) is 12.8 Å². The molecule has 0 saturated heterocycles. The van der Waals surface area contributed by atoms with Crippen LogP contribution in [0, 0.1) is 11.3 Å². The monoisotopic (exact) mass is 385 g/mol. The van der Waals surface area contributed by atoms with Crippen molar-refractivity contribution in [2.45, 2.75) is 45.8 Å². The summed E-state index contributed by atoms with van der Waals surface area (Å²) in [5.41, 5.74) is -1.20. The maximum atomic E-state index is 13.3. The molecule has 1 saturated carbocycles. The van der Waals surface area contributed by atoms with E-state index < -0.39 is 29.0 Å². The molecular formula is C22H27NO5. The van der Waals surface area contributed by atoms with Crippen LogP contribution in [-0.4, -0.2) is 37.2 Å². The van der Waals surface area contributed by atoms with Crippen LogP contribution in [0.5, 0.6) is 0 Å². The molecule has 0 spiro atoms. The van der Waals surface area contributed by atoms with Gasteiger partial charge in [0.2, 0.25) is 5.90 Å². The Balaban J connectivity index is 2.25. The molecule has 3 rings (SSSR count). The first kappa shape index (κ1) is 20.1. The van der Waals surface area contributed by atoms with Crippen molar-refractivity contribution in [2.24, 2.45) is 16.3 Å². The van der Waals surface area contributed by atoms with Crippen LogP contribution in [0.15, 0.2) is 47.5 Å². The Morgan fingerprint density at radius 3 is 2.50 bits per heavy atom. The van der Waals surface area contributed by atoms with Crippen LogP contribution in [0.2, 0.25) is 0 Å². The lowest BCUT2D eigenvalue weighted by Gasteiger charge is -2.57. The first-order valence-corrected chi connectivity index (χ1v) is 9.73. The van der Waals surface area contributed by atoms with Gasteiger partial charge in [0.25, 0.3) is 0 Å².